The Morgan fingerprint density at radius 2 is 1.88 bits per heavy atom. The summed E-state index contributed by atoms with van der Waals surface area (Å²) in [6.07, 6.45) is 0. The van der Waals surface area contributed by atoms with E-state index in [-0.39, 0.29) is 11.3 Å². The standard InChI is InChI=1S/C12H8BrF2N/c1-7-5-6-8(14)11(12(7)15)9-3-2-4-10(13)16-9/h2-6H,1H3. The van der Waals surface area contributed by atoms with Crippen LogP contribution in [0.15, 0.2) is 34.9 Å². The van der Waals surface area contributed by atoms with Crippen LogP contribution in [0, 0.1) is 18.6 Å². The second-order valence-electron chi connectivity index (χ2n) is 3.40. The fraction of sp³-hybridized carbons (Fsp3) is 0.0833. The maximum absolute atomic E-state index is 13.8. The topological polar surface area (TPSA) is 12.9 Å². The van der Waals surface area contributed by atoms with Crippen molar-refractivity contribution in [3.05, 3.63) is 52.1 Å². The molecule has 0 aliphatic carbocycles. The molecule has 1 aromatic carbocycles. The van der Waals surface area contributed by atoms with Crippen LogP contribution in [0.4, 0.5) is 8.78 Å². The van der Waals surface area contributed by atoms with E-state index in [9.17, 15) is 8.78 Å². The summed E-state index contributed by atoms with van der Waals surface area (Å²) < 4.78 is 27.9. The van der Waals surface area contributed by atoms with Crippen LogP contribution >= 0.6 is 15.9 Å². The highest BCUT2D eigenvalue weighted by molar-refractivity contribution is 9.10. The summed E-state index contributed by atoms with van der Waals surface area (Å²) in [5, 5.41) is 0. The molecule has 2 rings (SSSR count). The molecule has 1 nitrogen and oxygen atoms in total. The number of halogens is 3. The maximum Gasteiger partial charge on any atom is 0.138 e. The molecule has 0 N–H and O–H groups in total. The molecule has 2 aromatic rings. The minimum Gasteiger partial charge on any atom is -0.241 e. The molecular formula is C12H8BrF2N. The summed E-state index contributed by atoms with van der Waals surface area (Å²) in [6.45, 7) is 1.59. The van der Waals surface area contributed by atoms with E-state index in [4.69, 9.17) is 0 Å². The number of pyridine rings is 1. The van der Waals surface area contributed by atoms with Crippen LogP contribution in [-0.4, -0.2) is 4.98 Å². The first-order chi connectivity index (χ1) is 7.59. The normalized spacial score (nSPS) is 10.5. The molecule has 16 heavy (non-hydrogen) atoms. The van der Waals surface area contributed by atoms with E-state index in [2.05, 4.69) is 20.9 Å². The first kappa shape index (κ1) is 11.2. The van der Waals surface area contributed by atoms with Crippen LogP contribution in [0.5, 0.6) is 0 Å². The van der Waals surface area contributed by atoms with Gasteiger partial charge in [0.05, 0.1) is 11.3 Å². The summed E-state index contributed by atoms with van der Waals surface area (Å²) in [5.74, 6) is -1.17. The van der Waals surface area contributed by atoms with E-state index in [0.29, 0.717) is 10.2 Å². The molecule has 82 valence electrons. The zero-order chi connectivity index (χ0) is 11.7. The van der Waals surface area contributed by atoms with Crippen molar-refractivity contribution < 1.29 is 8.78 Å². The van der Waals surface area contributed by atoms with Crippen molar-refractivity contribution in [2.45, 2.75) is 6.92 Å². The van der Waals surface area contributed by atoms with Gasteiger partial charge in [-0.1, -0.05) is 12.1 Å². The van der Waals surface area contributed by atoms with Gasteiger partial charge >= 0.3 is 0 Å². The Bertz CT molecular complexity index is 541. The van der Waals surface area contributed by atoms with Gasteiger partial charge in [-0.2, -0.15) is 0 Å². The lowest BCUT2D eigenvalue weighted by molar-refractivity contribution is 0.583. The first-order valence-corrected chi connectivity index (χ1v) is 5.46. The van der Waals surface area contributed by atoms with Gasteiger partial charge < -0.3 is 0 Å². The Morgan fingerprint density at radius 3 is 2.56 bits per heavy atom. The van der Waals surface area contributed by atoms with Crippen molar-refractivity contribution in [1.29, 1.82) is 0 Å². The van der Waals surface area contributed by atoms with Gasteiger partial charge in [0.25, 0.3) is 0 Å². The summed E-state index contributed by atoms with van der Waals surface area (Å²) in [4.78, 5) is 4.04. The maximum atomic E-state index is 13.8. The number of aromatic nitrogens is 1. The van der Waals surface area contributed by atoms with Crippen molar-refractivity contribution in [3.8, 4) is 11.3 Å². The Kier molecular flexibility index (Phi) is 3.01. The lowest BCUT2D eigenvalue weighted by Gasteiger charge is -2.06. The summed E-state index contributed by atoms with van der Waals surface area (Å²) >= 11 is 3.17. The average molecular weight is 284 g/mol. The van der Waals surface area contributed by atoms with E-state index < -0.39 is 11.6 Å². The van der Waals surface area contributed by atoms with Crippen molar-refractivity contribution in [2.75, 3.05) is 0 Å². The highest BCUT2D eigenvalue weighted by Gasteiger charge is 2.14. The third-order valence-corrected chi connectivity index (χ3v) is 2.70. The third kappa shape index (κ3) is 1.97. The van der Waals surface area contributed by atoms with Gasteiger partial charge in [0.15, 0.2) is 0 Å². The molecule has 0 amide bonds. The molecule has 0 bridgehead atoms. The quantitative estimate of drug-likeness (QED) is 0.718. The van der Waals surface area contributed by atoms with Gasteiger partial charge in [-0.05, 0) is 46.6 Å². The molecule has 0 spiro atoms. The van der Waals surface area contributed by atoms with Crippen molar-refractivity contribution in [2.24, 2.45) is 0 Å². The largest absolute Gasteiger partial charge is 0.241 e. The lowest BCUT2D eigenvalue weighted by atomic mass is 10.1. The fourth-order valence-electron chi connectivity index (χ4n) is 1.44. The van der Waals surface area contributed by atoms with E-state index in [1.54, 1.807) is 25.1 Å². The van der Waals surface area contributed by atoms with Crippen LogP contribution in [0.3, 0.4) is 0 Å². The number of hydrogen-bond donors (Lipinski definition) is 0. The minimum atomic E-state index is -0.603. The Balaban J connectivity index is 2.68. The van der Waals surface area contributed by atoms with Gasteiger partial charge in [0.1, 0.15) is 16.2 Å². The monoisotopic (exact) mass is 283 g/mol. The molecule has 1 aromatic heterocycles. The molecule has 0 saturated heterocycles. The molecule has 0 atom stereocenters. The molecule has 4 heteroatoms. The van der Waals surface area contributed by atoms with Gasteiger partial charge in [0.2, 0.25) is 0 Å². The van der Waals surface area contributed by atoms with Gasteiger partial charge in [-0.25, -0.2) is 13.8 Å². The van der Waals surface area contributed by atoms with Crippen LogP contribution in [-0.2, 0) is 0 Å². The van der Waals surface area contributed by atoms with Crippen LogP contribution < -0.4 is 0 Å². The van der Waals surface area contributed by atoms with E-state index in [1.807, 2.05) is 0 Å². The number of benzene rings is 1. The molecule has 0 unspecified atom stereocenters. The van der Waals surface area contributed by atoms with Crippen LogP contribution in [0.25, 0.3) is 11.3 Å². The molecule has 0 fully saturated rings. The van der Waals surface area contributed by atoms with Crippen molar-refractivity contribution >= 4 is 15.9 Å². The number of nitrogens with zero attached hydrogens (tertiary/aromatic N) is 1. The number of hydrogen-bond acceptors (Lipinski definition) is 1. The SMILES string of the molecule is Cc1ccc(F)c(-c2cccc(Br)n2)c1F. The Hall–Kier alpha value is -1.29. The zero-order valence-corrected chi connectivity index (χ0v) is 10.1. The predicted molar refractivity (Wildman–Crippen MR) is 62.0 cm³/mol. The van der Waals surface area contributed by atoms with E-state index in [0.717, 1.165) is 0 Å². The third-order valence-electron chi connectivity index (χ3n) is 2.26. The van der Waals surface area contributed by atoms with Crippen molar-refractivity contribution in [1.82, 2.24) is 4.98 Å². The average Bonchev–Trinajstić information content (AvgIpc) is 2.24. The lowest BCUT2D eigenvalue weighted by Crippen LogP contribution is -1.95. The van der Waals surface area contributed by atoms with Gasteiger partial charge in [-0.15, -0.1) is 0 Å². The van der Waals surface area contributed by atoms with Gasteiger partial charge in [0, 0.05) is 0 Å². The molecule has 1 heterocycles. The summed E-state index contributed by atoms with van der Waals surface area (Å²) in [6, 6.07) is 7.62. The number of aryl methyl sites for hydroxylation is 1. The zero-order valence-electron chi connectivity index (χ0n) is 8.47. The molecule has 0 aliphatic rings. The highest BCUT2D eigenvalue weighted by atomic mass is 79.9. The summed E-state index contributed by atoms with van der Waals surface area (Å²) in [7, 11) is 0. The minimum absolute atomic E-state index is 0.0821. The molecule has 0 aliphatic heterocycles. The van der Waals surface area contributed by atoms with Crippen molar-refractivity contribution in [3.63, 3.8) is 0 Å². The van der Waals surface area contributed by atoms with E-state index >= 15 is 0 Å². The number of rotatable bonds is 1. The molecule has 0 saturated carbocycles. The molecular weight excluding hydrogens is 276 g/mol. The summed E-state index contributed by atoms with van der Waals surface area (Å²) in [5.41, 5.74) is 0.604. The molecule has 0 radical (unpaired) electrons. The van der Waals surface area contributed by atoms with Crippen LogP contribution in [0.1, 0.15) is 5.56 Å². The van der Waals surface area contributed by atoms with E-state index in [1.165, 1.54) is 12.1 Å². The second-order valence-corrected chi connectivity index (χ2v) is 4.21. The predicted octanol–water partition coefficient (Wildman–Crippen LogP) is 4.10. The second kappa shape index (κ2) is 4.29. The van der Waals surface area contributed by atoms with Gasteiger partial charge in [-0.3, -0.25) is 0 Å². The highest BCUT2D eigenvalue weighted by Crippen LogP contribution is 2.27. The first-order valence-electron chi connectivity index (χ1n) is 4.67. The fourth-order valence-corrected chi connectivity index (χ4v) is 1.78. The Morgan fingerprint density at radius 1 is 1.12 bits per heavy atom. The van der Waals surface area contributed by atoms with Crippen LogP contribution in [0.2, 0.25) is 0 Å². The Labute approximate surface area is 100 Å². The smallest absolute Gasteiger partial charge is 0.138 e.